The summed E-state index contributed by atoms with van der Waals surface area (Å²) in [7, 11) is 0. The van der Waals surface area contributed by atoms with Gasteiger partial charge in [-0.1, -0.05) is 17.3 Å². The normalized spacial score (nSPS) is 18.7. The molecule has 2 unspecified atom stereocenters. The van der Waals surface area contributed by atoms with Crippen molar-refractivity contribution < 1.29 is 22.5 Å². The molecule has 29 heavy (non-hydrogen) atoms. The minimum atomic E-state index is -0.759. The number of halogens is 3. The second-order valence-electron chi connectivity index (χ2n) is 6.71. The van der Waals surface area contributed by atoms with Crippen LogP contribution in [0.4, 0.5) is 13.2 Å². The van der Waals surface area contributed by atoms with Gasteiger partial charge in [0.2, 0.25) is 5.91 Å². The van der Waals surface area contributed by atoms with Gasteiger partial charge >= 0.3 is 0 Å². The van der Waals surface area contributed by atoms with E-state index < -0.39 is 17.7 Å². The summed E-state index contributed by atoms with van der Waals surface area (Å²) in [6.45, 7) is 0.0878. The van der Waals surface area contributed by atoms with Gasteiger partial charge in [-0.3, -0.25) is 4.79 Å². The minimum Gasteiger partial charge on any atom is -0.356 e. The van der Waals surface area contributed by atoms with Gasteiger partial charge in [-0.25, -0.2) is 24.0 Å². The Morgan fingerprint density at radius 1 is 1.07 bits per heavy atom. The smallest absolute Gasteiger partial charge is 0.238 e. The van der Waals surface area contributed by atoms with E-state index in [1.807, 2.05) is 0 Å². The maximum absolute atomic E-state index is 13.8. The zero-order chi connectivity index (χ0) is 20.4. The summed E-state index contributed by atoms with van der Waals surface area (Å²) < 4.78 is 45.0. The first-order chi connectivity index (χ1) is 14.0. The van der Waals surface area contributed by atoms with Gasteiger partial charge in [0.15, 0.2) is 5.76 Å². The van der Waals surface area contributed by atoms with Gasteiger partial charge in [-0.05, 0) is 36.2 Å². The molecule has 1 aliphatic rings. The van der Waals surface area contributed by atoms with Crippen molar-refractivity contribution in [3.05, 3.63) is 77.2 Å². The highest BCUT2D eigenvalue weighted by atomic mass is 19.1. The highest BCUT2D eigenvalue weighted by Crippen LogP contribution is 2.25. The van der Waals surface area contributed by atoms with Crippen LogP contribution in [0.2, 0.25) is 0 Å². The van der Waals surface area contributed by atoms with E-state index in [0.29, 0.717) is 12.1 Å². The van der Waals surface area contributed by atoms with Crippen molar-refractivity contribution in [1.82, 2.24) is 21.3 Å². The molecule has 1 aromatic heterocycles. The van der Waals surface area contributed by atoms with Crippen LogP contribution in [-0.2, 0) is 11.3 Å². The van der Waals surface area contributed by atoms with E-state index in [1.165, 1.54) is 24.3 Å². The summed E-state index contributed by atoms with van der Waals surface area (Å²) in [5.74, 6) is -1.87. The van der Waals surface area contributed by atoms with Gasteiger partial charge in [0.25, 0.3) is 0 Å². The molecule has 2 heterocycles. The zero-order valence-electron chi connectivity index (χ0n) is 15.1. The van der Waals surface area contributed by atoms with Gasteiger partial charge in [0.05, 0.1) is 12.1 Å². The van der Waals surface area contributed by atoms with Crippen LogP contribution in [0.15, 0.2) is 53.1 Å². The van der Waals surface area contributed by atoms with Crippen LogP contribution in [0, 0.1) is 17.5 Å². The molecule has 0 radical (unpaired) electrons. The maximum atomic E-state index is 13.8. The molecule has 0 bridgehead atoms. The van der Waals surface area contributed by atoms with E-state index >= 15 is 0 Å². The Morgan fingerprint density at radius 3 is 2.59 bits per heavy atom. The van der Waals surface area contributed by atoms with Crippen LogP contribution < -0.4 is 16.2 Å². The van der Waals surface area contributed by atoms with Gasteiger partial charge in [0, 0.05) is 18.2 Å². The molecule has 2 atom stereocenters. The number of carbonyl (C=O) groups excluding carboxylic acids is 1. The summed E-state index contributed by atoms with van der Waals surface area (Å²) in [4.78, 5) is 12.4. The minimum absolute atomic E-state index is 0.0836. The first kappa shape index (κ1) is 19.2. The molecule has 9 heteroatoms. The molecule has 2 aromatic carbocycles. The Labute approximate surface area is 164 Å². The van der Waals surface area contributed by atoms with Crippen molar-refractivity contribution in [1.29, 1.82) is 0 Å². The Balaban J connectivity index is 1.33. The number of nitrogens with one attached hydrogen (secondary N) is 3. The molecule has 0 spiro atoms. The molecule has 0 saturated carbocycles. The predicted octanol–water partition coefficient (Wildman–Crippen LogP) is 2.98. The molecule has 6 nitrogen and oxygen atoms in total. The third kappa shape index (κ3) is 4.30. The molecule has 3 N–H and O–H groups in total. The summed E-state index contributed by atoms with van der Waals surface area (Å²) in [6.07, 6.45) is 0.488. The molecular weight excluding hydrogens is 385 g/mol. The first-order valence-electron chi connectivity index (χ1n) is 8.95. The lowest BCUT2D eigenvalue weighted by Gasteiger charge is -2.10. The standard InChI is InChI=1S/C20H17F3N4O2/c21-12-3-1-11(2-4-12)17-9-18(26-25-17)20(28)24-10-14-8-19(29-27-14)15-6-5-13(22)7-16(15)23/h1-8,17-18,25-26H,9-10H2,(H,24,28). The van der Waals surface area contributed by atoms with Crippen LogP contribution in [0.1, 0.15) is 23.7 Å². The molecule has 1 fully saturated rings. The quantitative estimate of drug-likeness (QED) is 0.612. The van der Waals surface area contributed by atoms with Crippen LogP contribution in [0.5, 0.6) is 0 Å². The van der Waals surface area contributed by atoms with Gasteiger partial charge in [-0.2, -0.15) is 0 Å². The van der Waals surface area contributed by atoms with Crippen molar-refractivity contribution in [2.75, 3.05) is 0 Å². The lowest BCUT2D eigenvalue weighted by atomic mass is 10.0. The Kier molecular flexibility index (Phi) is 5.32. The Hall–Kier alpha value is -3.17. The number of rotatable bonds is 5. The number of benzene rings is 2. The molecule has 1 saturated heterocycles. The summed E-state index contributed by atoms with van der Waals surface area (Å²) >= 11 is 0. The number of nitrogens with zero attached hydrogens (tertiary/aromatic N) is 1. The van der Waals surface area contributed by atoms with Crippen molar-refractivity contribution >= 4 is 5.91 Å². The molecule has 3 aromatic rings. The largest absolute Gasteiger partial charge is 0.356 e. The molecular formula is C20H17F3N4O2. The van der Waals surface area contributed by atoms with Crippen molar-refractivity contribution in [2.45, 2.75) is 25.0 Å². The Bertz CT molecular complexity index is 1020. The average molecular weight is 402 g/mol. The third-order valence-electron chi connectivity index (χ3n) is 4.69. The lowest BCUT2D eigenvalue weighted by Crippen LogP contribution is -2.42. The van der Waals surface area contributed by atoms with Crippen LogP contribution in [-0.4, -0.2) is 17.1 Å². The monoisotopic (exact) mass is 402 g/mol. The zero-order valence-corrected chi connectivity index (χ0v) is 15.1. The van der Waals surface area contributed by atoms with Gasteiger partial charge in [-0.15, -0.1) is 0 Å². The molecule has 1 amide bonds. The number of amides is 1. The van der Waals surface area contributed by atoms with Crippen LogP contribution in [0.3, 0.4) is 0 Å². The Morgan fingerprint density at radius 2 is 1.83 bits per heavy atom. The fourth-order valence-corrected chi connectivity index (χ4v) is 3.15. The highest BCUT2D eigenvalue weighted by molar-refractivity contribution is 5.82. The van der Waals surface area contributed by atoms with Crippen LogP contribution >= 0.6 is 0 Å². The number of aromatic nitrogens is 1. The second-order valence-corrected chi connectivity index (χ2v) is 6.71. The lowest BCUT2D eigenvalue weighted by molar-refractivity contribution is -0.123. The van der Waals surface area contributed by atoms with Crippen molar-refractivity contribution in [3.8, 4) is 11.3 Å². The summed E-state index contributed by atoms with van der Waals surface area (Å²) in [5.41, 5.74) is 7.29. The summed E-state index contributed by atoms with van der Waals surface area (Å²) in [5, 5.41) is 6.54. The molecule has 1 aliphatic heterocycles. The van der Waals surface area contributed by atoms with Gasteiger partial charge in [0.1, 0.15) is 29.2 Å². The van der Waals surface area contributed by atoms with Crippen molar-refractivity contribution in [3.63, 3.8) is 0 Å². The highest BCUT2D eigenvalue weighted by Gasteiger charge is 2.30. The number of carbonyl (C=O) groups is 1. The fourth-order valence-electron chi connectivity index (χ4n) is 3.15. The number of hydrazine groups is 1. The predicted molar refractivity (Wildman–Crippen MR) is 97.5 cm³/mol. The number of hydrogen-bond acceptors (Lipinski definition) is 5. The molecule has 0 aliphatic carbocycles. The second kappa shape index (κ2) is 8.06. The maximum Gasteiger partial charge on any atom is 0.238 e. The first-order valence-corrected chi connectivity index (χ1v) is 8.95. The van der Waals surface area contributed by atoms with Crippen molar-refractivity contribution in [2.24, 2.45) is 0 Å². The van der Waals surface area contributed by atoms with Crippen LogP contribution in [0.25, 0.3) is 11.3 Å². The SMILES string of the molecule is O=C(NCc1cc(-c2ccc(F)cc2F)on1)C1CC(c2ccc(F)cc2)NN1. The van der Waals surface area contributed by atoms with E-state index in [-0.39, 0.29) is 35.6 Å². The molecule has 150 valence electrons. The number of hydrogen-bond donors (Lipinski definition) is 3. The van der Waals surface area contributed by atoms with Gasteiger partial charge < -0.3 is 9.84 Å². The fraction of sp³-hybridized carbons (Fsp3) is 0.200. The van der Waals surface area contributed by atoms with E-state index in [9.17, 15) is 18.0 Å². The van der Waals surface area contributed by atoms with E-state index in [4.69, 9.17) is 4.52 Å². The summed E-state index contributed by atoms with van der Waals surface area (Å²) in [6, 6.07) is 10.1. The van der Waals surface area contributed by atoms with E-state index in [1.54, 1.807) is 12.1 Å². The van der Waals surface area contributed by atoms with E-state index in [2.05, 4.69) is 21.3 Å². The van der Waals surface area contributed by atoms with E-state index in [0.717, 1.165) is 17.7 Å². The third-order valence-corrected chi connectivity index (χ3v) is 4.69. The molecule has 4 rings (SSSR count). The average Bonchev–Trinajstić information content (AvgIpc) is 3.37. The topological polar surface area (TPSA) is 79.2 Å².